The Kier molecular flexibility index (Phi) is 6.24. The summed E-state index contributed by atoms with van der Waals surface area (Å²) in [4.78, 5) is 40.4. The van der Waals surface area contributed by atoms with Crippen LogP contribution in [0.4, 0.5) is 0 Å². The van der Waals surface area contributed by atoms with Crippen molar-refractivity contribution < 1.29 is 39.9 Å². The molecule has 4 aliphatic carbocycles. The normalized spacial score (nSPS) is 43.3. The zero-order valence-electron chi connectivity index (χ0n) is 23.0. The Balaban J connectivity index is 1.75. The molecule has 3 fully saturated rings. The maximum Gasteiger partial charge on any atom is 0.230 e. The van der Waals surface area contributed by atoms with Gasteiger partial charge in [0.15, 0.2) is 17.2 Å². The number of Topliss-reactive ketones (excluding diaryl/α,β-unsaturated/α-hetero) is 2. The van der Waals surface area contributed by atoms with Gasteiger partial charge in [-0.3, -0.25) is 14.4 Å². The summed E-state index contributed by atoms with van der Waals surface area (Å²) in [6, 6.07) is 3.48. The van der Waals surface area contributed by atoms with Gasteiger partial charge in [0.25, 0.3) is 0 Å². The van der Waals surface area contributed by atoms with Gasteiger partial charge in [0, 0.05) is 16.4 Å². The van der Waals surface area contributed by atoms with E-state index >= 15 is 0 Å². The van der Waals surface area contributed by atoms with Gasteiger partial charge < -0.3 is 31.3 Å². The lowest BCUT2D eigenvalue weighted by atomic mass is 9.36. The fourth-order valence-electron chi connectivity index (χ4n) is 8.64. The third-order valence-corrected chi connectivity index (χ3v) is 11.0. The summed E-state index contributed by atoms with van der Waals surface area (Å²) < 4.78 is 0. The molecule has 0 aliphatic heterocycles. The molecule has 0 saturated heterocycles. The van der Waals surface area contributed by atoms with E-state index in [-0.39, 0.29) is 11.3 Å². The predicted octanol–water partition coefficient (Wildman–Crippen LogP) is 1.67. The van der Waals surface area contributed by atoms with Crippen LogP contribution in [0.3, 0.4) is 0 Å². The number of primary amides is 1. The lowest BCUT2D eigenvalue weighted by Crippen LogP contribution is -2.83. The average Bonchev–Trinajstić information content (AvgIpc) is 2.82. The van der Waals surface area contributed by atoms with Crippen molar-refractivity contribution >= 4 is 23.5 Å². The Bertz CT molecular complexity index is 1300. The highest BCUT2D eigenvalue weighted by atomic mass is 16.4. The molecule has 4 aliphatic rings. The number of hydrogen-bond donors (Lipinski definition) is 6. The SMILES string of the molecule is CC(C)[C@H]1C(O)[C@@H](C(N)=O)C(=O)[C@]2(O)C(O)[C@H]3C(=O)c4c(ccc(C=C5CCC5)c4O)[C@@H](C)[C@]3(C)[C@@H](O)[C@]12C. The highest BCUT2D eigenvalue weighted by molar-refractivity contribution is 6.09. The van der Waals surface area contributed by atoms with E-state index in [2.05, 4.69) is 0 Å². The van der Waals surface area contributed by atoms with E-state index < -0.39 is 81.8 Å². The molecule has 39 heavy (non-hydrogen) atoms. The van der Waals surface area contributed by atoms with Crippen molar-refractivity contribution in [1.82, 2.24) is 0 Å². The monoisotopic (exact) mass is 541 g/mol. The van der Waals surface area contributed by atoms with Crippen molar-refractivity contribution in [2.45, 2.75) is 83.7 Å². The molecular formula is C30H39NO8. The van der Waals surface area contributed by atoms with Gasteiger partial charge in [0.1, 0.15) is 17.8 Å². The second-order valence-corrected chi connectivity index (χ2v) is 13.0. The summed E-state index contributed by atoms with van der Waals surface area (Å²) in [5.41, 5.74) is 1.56. The number of carbonyl (C=O) groups is 3. The van der Waals surface area contributed by atoms with Crippen molar-refractivity contribution in [3.8, 4) is 5.75 Å². The fourth-order valence-corrected chi connectivity index (χ4v) is 8.64. The van der Waals surface area contributed by atoms with E-state index in [1.807, 2.05) is 6.08 Å². The van der Waals surface area contributed by atoms with Crippen molar-refractivity contribution in [2.75, 3.05) is 0 Å². The van der Waals surface area contributed by atoms with Gasteiger partial charge in [0.05, 0.1) is 23.7 Å². The van der Waals surface area contributed by atoms with Crippen LogP contribution in [0, 0.1) is 34.5 Å². The lowest BCUT2D eigenvalue weighted by Gasteiger charge is -2.69. The molecule has 1 aromatic rings. The van der Waals surface area contributed by atoms with E-state index in [0.29, 0.717) is 11.1 Å². The number of phenols is 1. The zero-order chi connectivity index (χ0) is 29.0. The van der Waals surface area contributed by atoms with Gasteiger partial charge in [-0.1, -0.05) is 58.4 Å². The smallest absolute Gasteiger partial charge is 0.230 e. The summed E-state index contributed by atoms with van der Waals surface area (Å²) in [6.07, 6.45) is -0.520. The first-order valence-electron chi connectivity index (χ1n) is 13.8. The molecule has 7 N–H and O–H groups in total. The van der Waals surface area contributed by atoms with Crippen LogP contribution in [0.5, 0.6) is 5.75 Å². The number of ketones is 2. The van der Waals surface area contributed by atoms with Crippen LogP contribution in [0.2, 0.25) is 0 Å². The first-order valence-corrected chi connectivity index (χ1v) is 13.8. The second kappa shape index (κ2) is 8.70. The van der Waals surface area contributed by atoms with Gasteiger partial charge in [-0.05, 0) is 42.6 Å². The fraction of sp³-hybridized carbons (Fsp3) is 0.633. The molecule has 9 nitrogen and oxygen atoms in total. The summed E-state index contributed by atoms with van der Waals surface area (Å²) in [5, 5.41) is 58.8. The van der Waals surface area contributed by atoms with E-state index in [4.69, 9.17) is 5.73 Å². The first kappa shape index (κ1) is 28.0. The third-order valence-electron chi connectivity index (χ3n) is 11.0. The minimum atomic E-state index is -2.78. The number of rotatable bonds is 3. The van der Waals surface area contributed by atoms with Gasteiger partial charge in [0.2, 0.25) is 5.91 Å². The topological polar surface area (TPSA) is 178 Å². The average molecular weight is 542 g/mol. The number of fused-ring (bicyclic) bond motifs is 3. The highest BCUT2D eigenvalue weighted by Gasteiger charge is 2.80. The molecule has 0 spiro atoms. The van der Waals surface area contributed by atoms with Crippen molar-refractivity contribution in [2.24, 2.45) is 40.2 Å². The van der Waals surface area contributed by atoms with Crippen LogP contribution in [0.1, 0.15) is 81.3 Å². The third kappa shape index (κ3) is 3.18. The molecule has 10 atom stereocenters. The molecule has 3 saturated carbocycles. The molecule has 0 radical (unpaired) electrons. The molecular weight excluding hydrogens is 502 g/mol. The molecule has 0 bridgehead atoms. The Morgan fingerprint density at radius 2 is 1.74 bits per heavy atom. The highest BCUT2D eigenvalue weighted by Crippen LogP contribution is 2.68. The van der Waals surface area contributed by atoms with E-state index in [0.717, 1.165) is 24.8 Å². The summed E-state index contributed by atoms with van der Waals surface area (Å²) >= 11 is 0. The zero-order valence-corrected chi connectivity index (χ0v) is 23.0. The summed E-state index contributed by atoms with van der Waals surface area (Å²) in [5.74, 6) is -8.74. The minimum Gasteiger partial charge on any atom is -0.507 e. The Labute approximate surface area is 227 Å². The van der Waals surface area contributed by atoms with Crippen LogP contribution in [-0.2, 0) is 9.59 Å². The number of amides is 1. The number of aliphatic hydroxyl groups is 4. The van der Waals surface area contributed by atoms with Crippen LogP contribution >= 0.6 is 0 Å². The van der Waals surface area contributed by atoms with Crippen molar-refractivity contribution in [1.29, 1.82) is 0 Å². The first-order chi connectivity index (χ1) is 18.1. The summed E-state index contributed by atoms with van der Waals surface area (Å²) in [6.45, 7) is 8.30. The van der Waals surface area contributed by atoms with E-state index in [9.17, 15) is 39.9 Å². The molecule has 2 unspecified atom stereocenters. The Morgan fingerprint density at radius 3 is 2.26 bits per heavy atom. The molecule has 1 aromatic carbocycles. The van der Waals surface area contributed by atoms with Crippen LogP contribution < -0.4 is 5.73 Å². The van der Waals surface area contributed by atoms with Gasteiger partial charge in [-0.25, -0.2) is 0 Å². The van der Waals surface area contributed by atoms with E-state index in [1.54, 1.807) is 39.8 Å². The number of hydrogen-bond acceptors (Lipinski definition) is 8. The van der Waals surface area contributed by atoms with Gasteiger partial charge in [-0.15, -0.1) is 0 Å². The van der Waals surface area contributed by atoms with Gasteiger partial charge >= 0.3 is 0 Å². The molecule has 0 aromatic heterocycles. The van der Waals surface area contributed by atoms with E-state index in [1.165, 1.54) is 6.92 Å². The standard InChI is InChI=1S/C30H39NO8/c1-12(2)19-23(34)18(26(31)37)24(35)30(39)25(36)20-22(33)17-16(13(3)28(20,4)27(38)29(19,30)5)10-9-15(21(17)32)11-14-7-6-8-14/h9-13,18-20,23,25,27,32,34,36,38-39H,6-8H2,1-5H3,(H2,31,37)/t13-,18-,19+,20-,23?,25?,27-,28+,29+,30+/m1/s1. The van der Waals surface area contributed by atoms with Crippen LogP contribution in [0.25, 0.3) is 6.08 Å². The summed E-state index contributed by atoms with van der Waals surface area (Å²) in [7, 11) is 0. The maximum atomic E-state index is 14.2. The van der Waals surface area contributed by atoms with Crippen LogP contribution in [0.15, 0.2) is 17.7 Å². The molecule has 5 rings (SSSR count). The van der Waals surface area contributed by atoms with Crippen LogP contribution in [-0.4, -0.2) is 66.9 Å². The van der Waals surface area contributed by atoms with Gasteiger partial charge in [-0.2, -0.15) is 0 Å². The maximum absolute atomic E-state index is 14.2. The molecule has 212 valence electrons. The number of nitrogens with two attached hydrogens (primary N) is 1. The predicted molar refractivity (Wildman–Crippen MR) is 141 cm³/mol. The number of phenolic OH excluding ortho intramolecular Hbond substituents is 1. The largest absolute Gasteiger partial charge is 0.507 e. The number of allylic oxidation sites excluding steroid dienone is 1. The number of aromatic hydroxyl groups is 1. The van der Waals surface area contributed by atoms with Crippen molar-refractivity contribution in [3.05, 3.63) is 34.4 Å². The van der Waals surface area contributed by atoms with Crippen molar-refractivity contribution in [3.63, 3.8) is 0 Å². The Morgan fingerprint density at radius 1 is 1.13 bits per heavy atom. The molecule has 9 heteroatoms. The number of carbonyl (C=O) groups excluding carboxylic acids is 3. The quantitative estimate of drug-likeness (QED) is 0.313. The number of aliphatic hydroxyl groups excluding tert-OH is 3. The number of benzene rings is 1. The minimum absolute atomic E-state index is 0.00717. The second-order valence-electron chi connectivity index (χ2n) is 13.0. The lowest BCUT2D eigenvalue weighted by molar-refractivity contribution is -0.306. The molecule has 1 amide bonds. The Hall–Kier alpha value is -2.59. The molecule has 0 heterocycles.